The van der Waals surface area contributed by atoms with Gasteiger partial charge in [0.15, 0.2) is 0 Å². The van der Waals surface area contributed by atoms with Crippen molar-refractivity contribution in [2.45, 2.75) is 25.5 Å². The molecule has 1 atom stereocenters. The molecule has 0 aliphatic carbocycles. The monoisotopic (exact) mass is 443 g/mol. The minimum absolute atomic E-state index is 0.0107. The molecule has 144 valence electrons. The Hall–Kier alpha value is -2.06. The van der Waals surface area contributed by atoms with Gasteiger partial charge in [0.05, 0.1) is 25.3 Å². The molecule has 0 saturated heterocycles. The van der Waals surface area contributed by atoms with E-state index in [0.717, 1.165) is 0 Å². The van der Waals surface area contributed by atoms with Crippen molar-refractivity contribution in [3.05, 3.63) is 62.9 Å². The number of ether oxygens (including phenoxy) is 2. The van der Waals surface area contributed by atoms with Gasteiger partial charge in [-0.3, -0.25) is 4.79 Å². The highest BCUT2D eigenvalue weighted by molar-refractivity contribution is 9.10. The molecule has 3 rings (SSSR count). The number of amides is 1. The molecule has 8 heteroatoms. The van der Waals surface area contributed by atoms with E-state index < -0.39 is 30.3 Å². The van der Waals surface area contributed by atoms with E-state index in [1.807, 2.05) is 0 Å². The Balaban J connectivity index is 1.84. The lowest BCUT2D eigenvalue weighted by molar-refractivity contribution is -0.103. The molecule has 0 bridgehead atoms. The zero-order valence-electron chi connectivity index (χ0n) is 14.6. The summed E-state index contributed by atoms with van der Waals surface area (Å²) in [5.74, 6) is -3.84. The fraction of sp³-hybridized carbons (Fsp3) is 0.316. The van der Waals surface area contributed by atoms with Gasteiger partial charge in [0, 0.05) is 15.6 Å². The van der Waals surface area contributed by atoms with Gasteiger partial charge in [-0.2, -0.15) is 8.78 Å². The molecular formula is C19H17BrF3NO3. The number of hydrogen-bond acceptors (Lipinski definition) is 3. The van der Waals surface area contributed by atoms with Crippen LogP contribution in [0.15, 0.2) is 34.8 Å². The van der Waals surface area contributed by atoms with Crippen LogP contribution >= 0.6 is 15.9 Å². The third-order valence-electron chi connectivity index (χ3n) is 4.36. The lowest BCUT2D eigenvalue weighted by Gasteiger charge is -2.26. The summed E-state index contributed by atoms with van der Waals surface area (Å²) in [7, 11) is 1.41. The minimum Gasteiger partial charge on any atom is -0.496 e. The first-order valence-electron chi connectivity index (χ1n) is 8.15. The summed E-state index contributed by atoms with van der Waals surface area (Å²) >= 11 is 3.19. The number of benzene rings is 2. The molecule has 2 aromatic carbocycles. The van der Waals surface area contributed by atoms with Gasteiger partial charge in [0.25, 0.3) is 11.8 Å². The maximum absolute atomic E-state index is 14.4. The maximum Gasteiger partial charge on any atom is 0.296 e. The summed E-state index contributed by atoms with van der Waals surface area (Å²) in [6.45, 7) is 0.949. The Bertz CT molecular complexity index is 889. The third-order valence-corrected chi connectivity index (χ3v) is 4.82. The molecule has 0 aromatic heterocycles. The van der Waals surface area contributed by atoms with Gasteiger partial charge in [-0.05, 0) is 36.8 Å². The van der Waals surface area contributed by atoms with Crippen LogP contribution in [0.4, 0.5) is 13.2 Å². The molecule has 1 amide bonds. The number of rotatable bonds is 4. The summed E-state index contributed by atoms with van der Waals surface area (Å²) < 4.78 is 52.6. The van der Waals surface area contributed by atoms with Crippen LogP contribution in [0.2, 0.25) is 0 Å². The normalized spacial score (nSPS) is 16.4. The molecule has 1 aliphatic rings. The zero-order valence-corrected chi connectivity index (χ0v) is 16.2. The van der Waals surface area contributed by atoms with Crippen molar-refractivity contribution in [3.8, 4) is 5.75 Å². The van der Waals surface area contributed by atoms with Crippen LogP contribution in [0.1, 0.15) is 40.0 Å². The fourth-order valence-electron chi connectivity index (χ4n) is 3.08. The van der Waals surface area contributed by atoms with E-state index in [-0.39, 0.29) is 34.6 Å². The summed E-state index contributed by atoms with van der Waals surface area (Å²) in [6.07, 6.45) is 0. The van der Waals surface area contributed by atoms with Crippen LogP contribution in [0.3, 0.4) is 0 Å². The number of hydrogen-bond donors (Lipinski definition) is 1. The molecule has 0 spiro atoms. The lowest BCUT2D eigenvalue weighted by Crippen LogP contribution is -2.30. The Morgan fingerprint density at radius 1 is 1.33 bits per heavy atom. The second-order valence-corrected chi connectivity index (χ2v) is 7.18. The SMILES string of the molecule is COc1cc(Br)cc(F)c1[C@H](C)NC(=O)c1ccc2c(c1)COCC2(F)F. The molecule has 4 nitrogen and oxygen atoms in total. The Labute approximate surface area is 162 Å². The molecule has 1 N–H and O–H groups in total. The second-order valence-electron chi connectivity index (χ2n) is 6.27. The van der Waals surface area contributed by atoms with E-state index in [9.17, 15) is 18.0 Å². The quantitative estimate of drug-likeness (QED) is 0.744. The van der Waals surface area contributed by atoms with Crippen molar-refractivity contribution in [2.24, 2.45) is 0 Å². The van der Waals surface area contributed by atoms with E-state index in [1.165, 1.54) is 31.4 Å². The van der Waals surface area contributed by atoms with Crippen LogP contribution in [0.5, 0.6) is 5.75 Å². The van der Waals surface area contributed by atoms with Gasteiger partial charge >= 0.3 is 0 Å². The second kappa shape index (κ2) is 7.52. The summed E-state index contributed by atoms with van der Waals surface area (Å²) in [4.78, 5) is 12.5. The van der Waals surface area contributed by atoms with Crippen LogP contribution < -0.4 is 10.1 Å². The van der Waals surface area contributed by atoms with Crippen molar-refractivity contribution >= 4 is 21.8 Å². The van der Waals surface area contributed by atoms with Gasteiger partial charge in [0.1, 0.15) is 18.2 Å². The van der Waals surface area contributed by atoms with Crippen molar-refractivity contribution in [2.75, 3.05) is 13.7 Å². The predicted octanol–water partition coefficient (Wildman–Crippen LogP) is 4.71. The van der Waals surface area contributed by atoms with E-state index in [4.69, 9.17) is 9.47 Å². The van der Waals surface area contributed by atoms with Crippen LogP contribution in [0.25, 0.3) is 0 Å². The number of carbonyl (C=O) groups is 1. The molecule has 1 aliphatic heterocycles. The van der Waals surface area contributed by atoms with E-state index in [1.54, 1.807) is 13.0 Å². The Kier molecular flexibility index (Phi) is 5.48. The Morgan fingerprint density at radius 2 is 2.07 bits per heavy atom. The number of fused-ring (bicyclic) bond motifs is 1. The highest BCUT2D eigenvalue weighted by Crippen LogP contribution is 2.36. The molecule has 27 heavy (non-hydrogen) atoms. The smallest absolute Gasteiger partial charge is 0.296 e. The minimum atomic E-state index is -3.08. The van der Waals surface area contributed by atoms with Gasteiger partial charge in [-0.15, -0.1) is 0 Å². The largest absolute Gasteiger partial charge is 0.496 e. The third kappa shape index (κ3) is 3.96. The zero-order chi connectivity index (χ0) is 19.8. The average Bonchev–Trinajstić information content (AvgIpc) is 2.60. The van der Waals surface area contributed by atoms with Gasteiger partial charge in [0.2, 0.25) is 0 Å². The number of alkyl halides is 2. The summed E-state index contributed by atoms with van der Waals surface area (Å²) in [5, 5.41) is 2.67. The number of methoxy groups -OCH3 is 1. The highest BCUT2D eigenvalue weighted by atomic mass is 79.9. The standard InChI is InChI=1S/C19H17BrF3NO3/c1-10(17-15(21)6-13(20)7-16(17)26-2)24-18(25)11-3-4-14-12(5-11)8-27-9-19(14,22)23/h3-7,10H,8-9H2,1-2H3,(H,24,25)/t10-/m0/s1. The van der Waals surface area contributed by atoms with E-state index >= 15 is 0 Å². The Morgan fingerprint density at radius 3 is 2.78 bits per heavy atom. The molecular weight excluding hydrogens is 427 g/mol. The van der Waals surface area contributed by atoms with Gasteiger partial charge in [-0.25, -0.2) is 4.39 Å². The summed E-state index contributed by atoms with van der Waals surface area (Å²) in [5.41, 5.74) is 0.512. The van der Waals surface area contributed by atoms with Gasteiger partial charge in [-0.1, -0.05) is 22.0 Å². The fourth-order valence-corrected chi connectivity index (χ4v) is 3.49. The number of halogens is 4. The van der Waals surface area contributed by atoms with Crippen LogP contribution in [-0.4, -0.2) is 19.6 Å². The molecule has 0 fully saturated rings. The van der Waals surface area contributed by atoms with Crippen molar-refractivity contribution in [1.82, 2.24) is 5.32 Å². The number of nitrogens with one attached hydrogen (secondary N) is 1. The van der Waals surface area contributed by atoms with E-state index in [0.29, 0.717) is 4.47 Å². The molecule has 1 heterocycles. The first-order valence-corrected chi connectivity index (χ1v) is 8.95. The van der Waals surface area contributed by atoms with Crippen molar-refractivity contribution < 1.29 is 27.4 Å². The molecule has 0 saturated carbocycles. The van der Waals surface area contributed by atoms with Crippen molar-refractivity contribution in [1.29, 1.82) is 0 Å². The molecule has 2 aromatic rings. The molecule has 0 radical (unpaired) electrons. The van der Waals surface area contributed by atoms with Gasteiger partial charge < -0.3 is 14.8 Å². The predicted molar refractivity (Wildman–Crippen MR) is 96.5 cm³/mol. The number of carbonyl (C=O) groups excluding carboxylic acids is 1. The average molecular weight is 444 g/mol. The summed E-state index contributed by atoms with van der Waals surface area (Å²) in [6, 6.07) is 6.11. The highest BCUT2D eigenvalue weighted by Gasteiger charge is 2.37. The van der Waals surface area contributed by atoms with E-state index in [2.05, 4.69) is 21.2 Å². The lowest BCUT2D eigenvalue weighted by atomic mass is 9.97. The first kappa shape index (κ1) is 19.7. The first-order chi connectivity index (χ1) is 12.7. The van der Waals surface area contributed by atoms with Crippen molar-refractivity contribution in [3.63, 3.8) is 0 Å². The van der Waals surface area contributed by atoms with Crippen LogP contribution in [-0.2, 0) is 17.3 Å². The molecule has 0 unspecified atom stereocenters. The van der Waals surface area contributed by atoms with Crippen LogP contribution in [0, 0.1) is 5.82 Å². The topological polar surface area (TPSA) is 47.6 Å². The maximum atomic E-state index is 14.4.